The quantitative estimate of drug-likeness (QED) is 0.546. The van der Waals surface area contributed by atoms with Crippen LogP contribution in [0.5, 0.6) is 0 Å². The molecule has 0 amide bonds. The molecule has 0 spiro atoms. The minimum absolute atomic E-state index is 0. The molecular weight excluding hydrogens is 272 g/mol. The summed E-state index contributed by atoms with van der Waals surface area (Å²) in [7, 11) is 0. The summed E-state index contributed by atoms with van der Waals surface area (Å²) in [5.41, 5.74) is 0. The van der Waals surface area contributed by atoms with E-state index >= 15 is 0 Å². The van der Waals surface area contributed by atoms with Crippen LogP contribution in [-0.4, -0.2) is 0 Å². The minimum Gasteiger partial charge on any atom is -2.00 e. The zero-order valence-corrected chi connectivity index (χ0v) is 5.61. The van der Waals surface area contributed by atoms with Crippen LogP contribution in [-0.2, 0) is 52.8 Å². The van der Waals surface area contributed by atoms with Gasteiger partial charge in [0, 0.05) is 41.8 Å². The third kappa shape index (κ3) is 10.4. The molecule has 0 aliphatic carbocycles. The van der Waals surface area contributed by atoms with Crippen LogP contribution in [0.25, 0.3) is 0 Å². The molecule has 1 radical (unpaired) electrons. The molecule has 2 nitrogen and oxygen atoms in total. The van der Waals surface area contributed by atoms with Crippen LogP contribution in [0, 0.1) is 0 Å². The molecule has 4 heavy (non-hydrogen) atoms. The third-order valence-corrected chi connectivity index (χ3v) is 0. The van der Waals surface area contributed by atoms with E-state index in [0.29, 0.717) is 0 Å². The summed E-state index contributed by atoms with van der Waals surface area (Å²) in [5.74, 6) is 0. The molecule has 0 aliphatic rings. The standard InChI is InChI=1S/Ir.2O.Ti/q;2*-2;. The van der Waals surface area contributed by atoms with Crippen molar-refractivity contribution in [3.05, 3.63) is 0 Å². The summed E-state index contributed by atoms with van der Waals surface area (Å²) in [5, 5.41) is 0. The molecule has 0 rings (SSSR count). The molecule has 0 aliphatic heterocycles. The van der Waals surface area contributed by atoms with Crippen LogP contribution in [0.2, 0.25) is 0 Å². The van der Waals surface area contributed by atoms with E-state index in [0.717, 1.165) is 0 Å². The van der Waals surface area contributed by atoms with Gasteiger partial charge in [-0.1, -0.05) is 0 Å². The van der Waals surface area contributed by atoms with Crippen molar-refractivity contribution in [2.75, 3.05) is 0 Å². The maximum absolute atomic E-state index is 0. The van der Waals surface area contributed by atoms with Gasteiger partial charge in [-0.25, -0.2) is 0 Å². The zero-order chi connectivity index (χ0) is 0. The molecule has 0 heterocycles. The average Bonchev–Trinajstić information content (AvgIpc) is 0. The Morgan fingerprint density at radius 1 is 0.750 bits per heavy atom. The molecule has 0 aromatic carbocycles. The van der Waals surface area contributed by atoms with Gasteiger partial charge in [-0.15, -0.1) is 0 Å². The van der Waals surface area contributed by atoms with E-state index in [4.69, 9.17) is 0 Å². The van der Waals surface area contributed by atoms with Crippen molar-refractivity contribution in [1.82, 2.24) is 0 Å². The second-order valence-electron chi connectivity index (χ2n) is 0. The predicted octanol–water partition coefficient (Wildman–Crippen LogP) is -0.243. The molecule has 0 unspecified atom stereocenters. The Bertz CT molecular complexity index is 6.00. The second kappa shape index (κ2) is 28.0. The smallest absolute Gasteiger partial charge is 0 e. The van der Waals surface area contributed by atoms with Crippen molar-refractivity contribution in [2.45, 2.75) is 0 Å². The second-order valence-corrected chi connectivity index (χ2v) is 0. The molecule has 0 aromatic rings. The first-order valence-electron chi connectivity index (χ1n) is 0. The SMILES string of the molecule is [Ir].[O-2].[O-2].[Ti]. The van der Waals surface area contributed by atoms with Gasteiger partial charge in [0.15, 0.2) is 0 Å². The molecule has 29 valence electrons. The Balaban J connectivity index is 0. The van der Waals surface area contributed by atoms with Gasteiger partial charge < -0.3 is 11.0 Å². The van der Waals surface area contributed by atoms with E-state index in [2.05, 4.69) is 0 Å². The van der Waals surface area contributed by atoms with E-state index in [1.165, 1.54) is 0 Å². The van der Waals surface area contributed by atoms with E-state index in [-0.39, 0.29) is 52.8 Å². The van der Waals surface area contributed by atoms with Crippen LogP contribution in [0.4, 0.5) is 0 Å². The van der Waals surface area contributed by atoms with Crippen LogP contribution in [0.15, 0.2) is 0 Å². The fourth-order valence-electron chi connectivity index (χ4n) is 0. The van der Waals surface area contributed by atoms with E-state index in [1.807, 2.05) is 0 Å². The molecule has 0 atom stereocenters. The van der Waals surface area contributed by atoms with Gasteiger partial charge in [-0.2, -0.15) is 0 Å². The normalized spacial score (nSPS) is 0. The molecule has 0 fully saturated rings. The van der Waals surface area contributed by atoms with Crippen LogP contribution in [0.1, 0.15) is 0 Å². The summed E-state index contributed by atoms with van der Waals surface area (Å²) in [6.45, 7) is 0. The van der Waals surface area contributed by atoms with E-state index in [9.17, 15) is 0 Å². The van der Waals surface area contributed by atoms with Crippen LogP contribution >= 0.6 is 0 Å². The van der Waals surface area contributed by atoms with Gasteiger partial charge >= 0.3 is 0 Å². The van der Waals surface area contributed by atoms with Gasteiger partial charge in [0.2, 0.25) is 0 Å². The topological polar surface area (TPSA) is 57.0 Å². The van der Waals surface area contributed by atoms with Crippen molar-refractivity contribution in [1.29, 1.82) is 0 Å². The van der Waals surface area contributed by atoms with Gasteiger partial charge in [0.25, 0.3) is 0 Å². The van der Waals surface area contributed by atoms with Crippen molar-refractivity contribution >= 4 is 0 Å². The van der Waals surface area contributed by atoms with Gasteiger partial charge in [-0.3, -0.25) is 0 Å². The maximum Gasteiger partial charge on any atom is 0 e. The fraction of sp³-hybridized carbons (Fsp3) is 0. The van der Waals surface area contributed by atoms with Gasteiger partial charge in [0.1, 0.15) is 0 Å². The van der Waals surface area contributed by atoms with Crippen molar-refractivity contribution in [2.24, 2.45) is 0 Å². The largest absolute Gasteiger partial charge is 2.00 e. The van der Waals surface area contributed by atoms with Gasteiger partial charge in [-0.05, 0) is 0 Å². The Kier molecular flexibility index (Phi) is 412. The summed E-state index contributed by atoms with van der Waals surface area (Å²) in [4.78, 5) is 0. The number of hydrogen-bond donors (Lipinski definition) is 0. The Hall–Kier alpha value is 1.28. The first-order valence-corrected chi connectivity index (χ1v) is 0. The monoisotopic (exact) mass is 273 g/mol. The van der Waals surface area contributed by atoms with E-state index < -0.39 is 0 Å². The Labute approximate surface area is 52.8 Å². The molecule has 4 heteroatoms. The minimum atomic E-state index is 0. The fourth-order valence-corrected chi connectivity index (χ4v) is 0. The first-order chi connectivity index (χ1) is 0. The van der Waals surface area contributed by atoms with Crippen molar-refractivity contribution in [3.63, 3.8) is 0 Å². The first kappa shape index (κ1) is 58.8. The molecular formula is IrO2Ti-4. The molecule has 0 saturated heterocycles. The Morgan fingerprint density at radius 3 is 0.750 bits per heavy atom. The Morgan fingerprint density at radius 2 is 0.750 bits per heavy atom. The number of hydrogen-bond acceptors (Lipinski definition) is 0. The van der Waals surface area contributed by atoms with E-state index in [1.54, 1.807) is 0 Å². The molecule has 0 aromatic heterocycles. The van der Waals surface area contributed by atoms with Crippen LogP contribution < -0.4 is 0 Å². The van der Waals surface area contributed by atoms with Crippen molar-refractivity contribution in [3.8, 4) is 0 Å². The van der Waals surface area contributed by atoms with Crippen molar-refractivity contribution < 1.29 is 52.8 Å². The molecule has 0 N–H and O–H groups in total. The summed E-state index contributed by atoms with van der Waals surface area (Å²) < 4.78 is 0. The third-order valence-electron chi connectivity index (χ3n) is 0. The summed E-state index contributed by atoms with van der Waals surface area (Å²) in [6, 6.07) is 0. The summed E-state index contributed by atoms with van der Waals surface area (Å²) in [6.07, 6.45) is 0. The predicted molar refractivity (Wildman–Crippen MR) is 1.37 cm³/mol. The maximum atomic E-state index is 0. The average molecular weight is 272 g/mol. The van der Waals surface area contributed by atoms with Crippen LogP contribution in [0.3, 0.4) is 0 Å². The molecule has 0 bridgehead atoms. The number of rotatable bonds is 0. The van der Waals surface area contributed by atoms with Gasteiger partial charge in [0.05, 0.1) is 0 Å². The summed E-state index contributed by atoms with van der Waals surface area (Å²) >= 11 is 0. The zero-order valence-electron chi connectivity index (χ0n) is 1.65. The molecule has 0 saturated carbocycles.